The summed E-state index contributed by atoms with van der Waals surface area (Å²) in [5, 5.41) is 2.02. The Kier molecular flexibility index (Phi) is 10.3. The van der Waals surface area contributed by atoms with Crippen molar-refractivity contribution in [3.05, 3.63) is 217 Å². The Bertz CT molecular complexity index is 2700. The third kappa shape index (κ3) is 7.87. The minimum atomic E-state index is -1.65. The monoisotopic (exact) mass is 877 g/mol. The Labute approximate surface area is 333 Å². The second-order valence-corrected chi connectivity index (χ2v) is 13.4. The first-order valence-electron chi connectivity index (χ1n) is 18.7. The van der Waals surface area contributed by atoms with Gasteiger partial charge in [-0.1, -0.05) is 134 Å². The van der Waals surface area contributed by atoms with Gasteiger partial charge in [-0.2, -0.15) is 0 Å². The van der Waals surface area contributed by atoms with E-state index in [-0.39, 0.29) is 25.5 Å². The summed E-state index contributed by atoms with van der Waals surface area (Å²) < 4.78 is 23.7. The van der Waals surface area contributed by atoms with Gasteiger partial charge in [0.1, 0.15) is 5.58 Å². The molecular weight excluding hydrogens is 837 g/mol. The molecule has 3 nitrogen and oxygen atoms in total. The van der Waals surface area contributed by atoms with E-state index >= 15 is 0 Å². The molecule has 0 aliphatic rings. The summed E-state index contributed by atoms with van der Waals surface area (Å²) in [5.74, 6) is 0. The Morgan fingerprint density at radius 3 is 2.04 bits per heavy atom. The summed E-state index contributed by atoms with van der Waals surface area (Å²) in [6, 6.07) is 62.4. The zero-order valence-corrected chi connectivity index (χ0v) is 32.4. The molecule has 0 amide bonds. The van der Waals surface area contributed by atoms with Crippen LogP contribution in [-0.2, 0) is 31.9 Å². The van der Waals surface area contributed by atoms with E-state index in [9.17, 15) is 0 Å². The standard InChI is InChI=1S/C30H20NO.C20H18N.Ir/c1-3-8-21(9-4-1)18-22-16-17-31-28(19-22)26-13-7-12-25-27-20-24(23-10-5-2-6-11-23)14-15-29(27)32-30(25)26;1-20(2,17-11-7-4-8-12-17)18-13-14-21-19(15-18)16-9-5-3-6-10-16;/h1-12,14-17,19-20H,18H2;3-9,11-15H,1-2H3;/q2*-1;/i18D2;;. The number of pyridine rings is 2. The second kappa shape index (κ2) is 16.4. The van der Waals surface area contributed by atoms with E-state index < -0.39 is 6.37 Å². The second-order valence-electron chi connectivity index (χ2n) is 13.4. The van der Waals surface area contributed by atoms with Gasteiger partial charge in [-0.15, -0.1) is 54.1 Å². The van der Waals surface area contributed by atoms with Crippen LogP contribution in [0, 0.1) is 12.1 Å². The number of rotatable bonds is 7. The number of fused-ring (bicyclic) bond motifs is 3. The van der Waals surface area contributed by atoms with Gasteiger partial charge in [-0.3, -0.25) is 0 Å². The molecule has 0 saturated heterocycles. The van der Waals surface area contributed by atoms with E-state index in [1.165, 1.54) is 11.1 Å². The van der Waals surface area contributed by atoms with Crippen LogP contribution in [0.2, 0.25) is 0 Å². The van der Waals surface area contributed by atoms with Crippen molar-refractivity contribution in [1.82, 2.24) is 9.97 Å². The fourth-order valence-corrected chi connectivity index (χ4v) is 6.62. The number of nitrogens with zero attached hydrogens (tertiary/aromatic N) is 2. The normalized spacial score (nSPS) is 11.9. The maximum absolute atomic E-state index is 8.73. The van der Waals surface area contributed by atoms with E-state index in [0.717, 1.165) is 44.3 Å². The van der Waals surface area contributed by atoms with Gasteiger partial charge in [0.15, 0.2) is 0 Å². The smallest absolute Gasteiger partial charge is 0.120 e. The topological polar surface area (TPSA) is 38.9 Å². The van der Waals surface area contributed by atoms with Crippen LogP contribution in [0.1, 0.15) is 38.8 Å². The fourth-order valence-electron chi connectivity index (χ4n) is 6.62. The van der Waals surface area contributed by atoms with Crippen LogP contribution in [0.5, 0.6) is 0 Å². The minimum absolute atomic E-state index is 0. The molecule has 6 aromatic carbocycles. The molecule has 0 aliphatic carbocycles. The van der Waals surface area contributed by atoms with E-state index in [4.69, 9.17) is 7.16 Å². The molecule has 9 rings (SSSR count). The van der Waals surface area contributed by atoms with E-state index in [0.29, 0.717) is 22.4 Å². The minimum Gasteiger partial charge on any atom is -0.501 e. The van der Waals surface area contributed by atoms with Gasteiger partial charge in [-0.25, -0.2) is 0 Å². The van der Waals surface area contributed by atoms with Gasteiger partial charge >= 0.3 is 0 Å². The number of hydrogen-bond acceptors (Lipinski definition) is 3. The molecule has 265 valence electrons. The van der Waals surface area contributed by atoms with Gasteiger partial charge < -0.3 is 14.4 Å². The zero-order chi connectivity index (χ0) is 37.8. The zero-order valence-electron chi connectivity index (χ0n) is 32.0. The molecule has 0 unspecified atom stereocenters. The van der Waals surface area contributed by atoms with Crippen LogP contribution in [-0.4, -0.2) is 9.97 Å². The van der Waals surface area contributed by atoms with Crippen molar-refractivity contribution in [2.24, 2.45) is 0 Å². The van der Waals surface area contributed by atoms with Crippen LogP contribution in [0.15, 0.2) is 187 Å². The molecule has 9 aromatic rings. The molecule has 0 saturated carbocycles. The number of hydrogen-bond donors (Lipinski definition) is 0. The first kappa shape index (κ1) is 33.9. The molecule has 54 heavy (non-hydrogen) atoms. The van der Waals surface area contributed by atoms with Gasteiger partial charge in [0.2, 0.25) is 0 Å². The first-order valence-corrected chi connectivity index (χ1v) is 17.7. The summed E-state index contributed by atoms with van der Waals surface area (Å²) in [5.41, 5.74) is 10.8. The van der Waals surface area contributed by atoms with Crippen molar-refractivity contribution >= 4 is 21.9 Å². The molecule has 0 aliphatic heterocycles. The average Bonchev–Trinajstić information content (AvgIpc) is 3.63. The van der Waals surface area contributed by atoms with Crippen molar-refractivity contribution in [3.8, 4) is 33.6 Å². The molecular formula is C50H38IrN2O-2. The Morgan fingerprint density at radius 2 is 1.28 bits per heavy atom. The van der Waals surface area contributed by atoms with Crippen molar-refractivity contribution < 1.29 is 27.3 Å². The van der Waals surface area contributed by atoms with Crippen LogP contribution in [0.4, 0.5) is 0 Å². The molecule has 0 fully saturated rings. The van der Waals surface area contributed by atoms with Crippen LogP contribution in [0.3, 0.4) is 0 Å². The molecule has 4 heteroatoms. The Balaban J connectivity index is 0.000000188. The van der Waals surface area contributed by atoms with Crippen molar-refractivity contribution in [3.63, 3.8) is 0 Å². The Hall–Kier alpha value is -5.93. The summed E-state index contributed by atoms with van der Waals surface area (Å²) in [6.07, 6.45) is 1.88. The van der Waals surface area contributed by atoms with Crippen molar-refractivity contribution in [1.29, 1.82) is 0 Å². The van der Waals surface area contributed by atoms with Gasteiger partial charge in [0, 0.05) is 46.0 Å². The van der Waals surface area contributed by atoms with Crippen LogP contribution < -0.4 is 0 Å². The van der Waals surface area contributed by atoms with Crippen LogP contribution in [0.25, 0.3) is 55.6 Å². The van der Waals surface area contributed by atoms with Gasteiger partial charge in [-0.05, 0) is 75.4 Å². The molecule has 3 heterocycles. The van der Waals surface area contributed by atoms with Crippen molar-refractivity contribution in [2.45, 2.75) is 25.6 Å². The van der Waals surface area contributed by atoms with Gasteiger partial charge in [0.25, 0.3) is 0 Å². The maximum atomic E-state index is 8.73. The number of aromatic nitrogens is 2. The quantitative estimate of drug-likeness (QED) is 0.150. The predicted molar refractivity (Wildman–Crippen MR) is 218 cm³/mol. The molecule has 1 radical (unpaired) electrons. The number of benzene rings is 6. The third-order valence-corrected chi connectivity index (χ3v) is 9.58. The fraction of sp³-hybridized carbons (Fsp3) is 0.0800. The SMILES string of the molecule is CC(C)(c1ccccc1)c1ccnc(-c2[c-]cccc2)c1.[2H]C([2H])(c1ccccc1)c1ccnc(-c2[c-]ccc3c2oc2ccc(-c4ccccc4)cc23)c1.[Ir]. The maximum Gasteiger partial charge on any atom is 0.120 e. The Morgan fingerprint density at radius 1 is 0.574 bits per heavy atom. The third-order valence-electron chi connectivity index (χ3n) is 9.58. The van der Waals surface area contributed by atoms with E-state index in [1.54, 1.807) is 30.5 Å². The van der Waals surface area contributed by atoms with Crippen molar-refractivity contribution in [2.75, 3.05) is 0 Å². The van der Waals surface area contributed by atoms with Gasteiger partial charge in [0.05, 0.1) is 5.58 Å². The summed E-state index contributed by atoms with van der Waals surface area (Å²) in [4.78, 5) is 9.03. The average molecular weight is 877 g/mol. The number of furan rings is 1. The summed E-state index contributed by atoms with van der Waals surface area (Å²) in [6.45, 7) is 4.49. The molecule has 3 aromatic heterocycles. The van der Waals surface area contributed by atoms with E-state index in [1.807, 2.05) is 85.1 Å². The molecule has 0 bridgehead atoms. The van der Waals surface area contributed by atoms with Crippen LogP contribution >= 0.6 is 0 Å². The molecule has 0 spiro atoms. The summed E-state index contributed by atoms with van der Waals surface area (Å²) >= 11 is 0. The largest absolute Gasteiger partial charge is 0.501 e. The predicted octanol–water partition coefficient (Wildman–Crippen LogP) is 12.6. The van der Waals surface area contributed by atoms with E-state index in [2.05, 4.69) is 103 Å². The first-order chi connectivity index (χ1) is 26.8. The summed E-state index contributed by atoms with van der Waals surface area (Å²) in [7, 11) is 0. The molecule has 0 N–H and O–H groups in total. The molecule has 0 atom stereocenters.